The lowest BCUT2D eigenvalue weighted by Crippen LogP contribution is -2.39. The highest BCUT2D eigenvalue weighted by Gasteiger charge is 2.37. The summed E-state index contributed by atoms with van der Waals surface area (Å²) in [6.07, 6.45) is 1.22. The predicted molar refractivity (Wildman–Crippen MR) is 105 cm³/mol. The molecule has 1 aliphatic carbocycles. The number of hydrogen-bond donors (Lipinski definition) is 2. The zero-order valence-electron chi connectivity index (χ0n) is 15.2. The van der Waals surface area contributed by atoms with E-state index in [0.717, 1.165) is 11.4 Å². The third kappa shape index (κ3) is 4.20. The number of anilines is 2. The summed E-state index contributed by atoms with van der Waals surface area (Å²) in [5.41, 5.74) is 3.90. The topological polar surface area (TPSA) is 58.2 Å². The van der Waals surface area contributed by atoms with Gasteiger partial charge in [-0.15, -0.1) is 0 Å². The van der Waals surface area contributed by atoms with Gasteiger partial charge in [0.15, 0.2) is 0 Å². The maximum Gasteiger partial charge on any atom is 0.228 e. The fourth-order valence-corrected chi connectivity index (χ4v) is 3.36. The molecule has 2 amide bonds. The molecule has 1 aliphatic rings. The molecular weight excluding hydrogens is 324 g/mol. The highest BCUT2D eigenvalue weighted by molar-refractivity contribution is 6.00. The molecule has 0 radical (unpaired) electrons. The van der Waals surface area contributed by atoms with Gasteiger partial charge in [0, 0.05) is 11.4 Å². The van der Waals surface area contributed by atoms with Crippen molar-refractivity contribution in [2.75, 3.05) is 10.6 Å². The van der Waals surface area contributed by atoms with E-state index in [1.54, 1.807) is 0 Å². The highest BCUT2D eigenvalue weighted by atomic mass is 16.2. The summed E-state index contributed by atoms with van der Waals surface area (Å²) in [6, 6.07) is 18.8. The molecule has 2 N–H and O–H groups in total. The minimum Gasteiger partial charge on any atom is -0.326 e. The molecule has 2 atom stereocenters. The molecule has 0 fully saturated rings. The van der Waals surface area contributed by atoms with Gasteiger partial charge in [0.1, 0.15) is 0 Å². The number of allylic oxidation sites excluding steroid dienone is 2. The fraction of sp³-hybridized carbons (Fsp3) is 0.273. The van der Waals surface area contributed by atoms with Crippen molar-refractivity contribution in [3.63, 3.8) is 0 Å². The Morgan fingerprint density at radius 1 is 0.692 bits per heavy atom. The average Bonchev–Trinajstić information content (AvgIpc) is 2.65. The van der Waals surface area contributed by atoms with Crippen molar-refractivity contribution in [1.82, 2.24) is 0 Å². The van der Waals surface area contributed by atoms with Gasteiger partial charge in [-0.3, -0.25) is 9.59 Å². The Morgan fingerprint density at radius 3 is 1.38 bits per heavy atom. The second-order valence-electron chi connectivity index (χ2n) is 6.89. The van der Waals surface area contributed by atoms with Crippen LogP contribution in [0.3, 0.4) is 0 Å². The van der Waals surface area contributed by atoms with Crippen LogP contribution in [0.5, 0.6) is 0 Å². The van der Waals surface area contributed by atoms with Crippen molar-refractivity contribution in [2.24, 2.45) is 11.8 Å². The molecule has 0 unspecified atom stereocenters. The Bertz CT molecular complexity index is 743. The van der Waals surface area contributed by atoms with Gasteiger partial charge in [-0.1, -0.05) is 47.5 Å². The maximum atomic E-state index is 12.9. The van der Waals surface area contributed by atoms with Gasteiger partial charge < -0.3 is 10.6 Å². The Morgan fingerprint density at radius 2 is 1.04 bits per heavy atom. The first-order valence-electron chi connectivity index (χ1n) is 8.91. The molecule has 0 saturated carbocycles. The smallest absolute Gasteiger partial charge is 0.228 e. The van der Waals surface area contributed by atoms with Gasteiger partial charge in [0.2, 0.25) is 11.8 Å². The summed E-state index contributed by atoms with van der Waals surface area (Å²) in [4.78, 5) is 25.7. The number of carbonyl (C=O) groups is 2. The lowest BCUT2D eigenvalue weighted by molar-refractivity contribution is -0.129. The Hall–Kier alpha value is -2.88. The van der Waals surface area contributed by atoms with Crippen LogP contribution in [0, 0.1) is 11.8 Å². The Kier molecular flexibility index (Phi) is 5.52. The van der Waals surface area contributed by atoms with Gasteiger partial charge in [-0.05, 0) is 51.0 Å². The molecule has 2 aromatic carbocycles. The van der Waals surface area contributed by atoms with Crippen molar-refractivity contribution in [2.45, 2.75) is 26.7 Å². The predicted octanol–water partition coefficient (Wildman–Crippen LogP) is 4.63. The van der Waals surface area contributed by atoms with Crippen LogP contribution in [0.2, 0.25) is 0 Å². The monoisotopic (exact) mass is 348 g/mol. The molecule has 0 aliphatic heterocycles. The lowest BCUT2D eigenvalue weighted by atomic mass is 9.75. The quantitative estimate of drug-likeness (QED) is 0.792. The number of rotatable bonds is 4. The van der Waals surface area contributed by atoms with Crippen molar-refractivity contribution in [3.05, 3.63) is 71.8 Å². The molecule has 0 heterocycles. The van der Waals surface area contributed by atoms with Crippen LogP contribution in [-0.2, 0) is 9.59 Å². The molecule has 4 heteroatoms. The van der Waals surface area contributed by atoms with E-state index in [-0.39, 0.29) is 23.7 Å². The minimum absolute atomic E-state index is 0.101. The van der Waals surface area contributed by atoms with E-state index in [2.05, 4.69) is 10.6 Å². The molecular formula is C22H24N2O2. The third-order valence-electron chi connectivity index (χ3n) is 5.02. The van der Waals surface area contributed by atoms with E-state index >= 15 is 0 Å². The van der Waals surface area contributed by atoms with Crippen LogP contribution in [0.4, 0.5) is 11.4 Å². The molecule has 2 aromatic rings. The van der Waals surface area contributed by atoms with E-state index in [1.807, 2.05) is 74.5 Å². The zero-order valence-corrected chi connectivity index (χ0v) is 15.2. The summed E-state index contributed by atoms with van der Waals surface area (Å²) in [6.45, 7) is 4.09. The Balaban J connectivity index is 1.78. The minimum atomic E-state index is -0.373. The van der Waals surface area contributed by atoms with E-state index < -0.39 is 0 Å². The van der Waals surface area contributed by atoms with Crippen LogP contribution >= 0.6 is 0 Å². The van der Waals surface area contributed by atoms with Crippen molar-refractivity contribution >= 4 is 23.2 Å². The van der Waals surface area contributed by atoms with E-state index in [4.69, 9.17) is 0 Å². The van der Waals surface area contributed by atoms with Gasteiger partial charge in [0.05, 0.1) is 11.8 Å². The molecule has 4 nitrogen and oxygen atoms in total. The second kappa shape index (κ2) is 8.00. The molecule has 0 spiro atoms. The summed E-state index contributed by atoms with van der Waals surface area (Å²) in [5, 5.41) is 5.91. The number of carbonyl (C=O) groups excluding carboxylic acids is 2. The standard InChI is InChI=1S/C22H24N2O2/c1-15-13-19(21(25)23-17-9-5-3-6-10-17)20(14-16(15)2)22(26)24-18-11-7-4-8-12-18/h3-12,19-20H,13-14H2,1-2H3,(H,23,25)(H,24,26)/t19-,20-/m0/s1. The normalized spacial score (nSPS) is 19.8. The second-order valence-corrected chi connectivity index (χ2v) is 6.89. The van der Waals surface area contributed by atoms with Crippen LogP contribution < -0.4 is 10.6 Å². The zero-order chi connectivity index (χ0) is 18.5. The number of amides is 2. The summed E-state index contributed by atoms with van der Waals surface area (Å²) in [5.74, 6) is -0.947. The van der Waals surface area contributed by atoms with Crippen molar-refractivity contribution < 1.29 is 9.59 Å². The number of nitrogens with one attached hydrogen (secondary N) is 2. The van der Waals surface area contributed by atoms with Gasteiger partial charge in [0.25, 0.3) is 0 Å². The number of hydrogen-bond acceptors (Lipinski definition) is 2. The van der Waals surface area contributed by atoms with Crippen molar-refractivity contribution in [1.29, 1.82) is 0 Å². The fourth-order valence-electron chi connectivity index (χ4n) is 3.36. The van der Waals surface area contributed by atoms with E-state index in [0.29, 0.717) is 12.8 Å². The van der Waals surface area contributed by atoms with Crippen LogP contribution in [0.1, 0.15) is 26.7 Å². The van der Waals surface area contributed by atoms with Crippen LogP contribution in [0.15, 0.2) is 71.8 Å². The third-order valence-corrected chi connectivity index (χ3v) is 5.02. The van der Waals surface area contributed by atoms with Gasteiger partial charge in [-0.2, -0.15) is 0 Å². The average molecular weight is 348 g/mol. The molecule has 0 saturated heterocycles. The maximum absolute atomic E-state index is 12.9. The summed E-state index contributed by atoms with van der Waals surface area (Å²) in [7, 11) is 0. The number of para-hydroxylation sites is 2. The highest BCUT2D eigenvalue weighted by Crippen LogP contribution is 2.35. The molecule has 26 heavy (non-hydrogen) atoms. The SMILES string of the molecule is CC1=C(C)C[C@H](C(=O)Nc2ccccc2)[C@@H](C(=O)Nc2ccccc2)C1. The van der Waals surface area contributed by atoms with E-state index in [9.17, 15) is 9.59 Å². The van der Waals surface area contributed by atoms with E-state index in [1.165, 1.54) is 11.1 Å². The van der Waals surface area contributed by atoms with Crippen molar-refractivity contribution in [3.8, 4) is 0 Å². The summed E-state index contributed by atoms with van der Waals surface area (Å²) >= 11 is 0. The lowest BCUT2D eigenvalue weighted by Gasteiger charge is -2.31. The van der Waals surface area contributed by atoms with Gasteiger partial charge in [-0.25, -0.2) is 0 Å². The molecule has 0 bridgehead atoms. The first kappa shape index (κ1) is 17.9. The van der Waals surface area contributed by atoms with Crippen LogP contribution in [-0.4, -0.2) is 11.8 Å². The number of benzene rings is 2. The molecule has 3 rings (SSSR count). The largest absolute Gasteiger partial charge is 0.326 e. The molecule has 0 aromatic heterocycles. The van der Waals surface area contributed by atoms with Crippen LogP contribution in [0.25, 0.3) is 0 Å². The first-order valence-corrected chi connectivity index (χ1v) is 8.91. The molecule has 134 valence electrons. The first-order chi connectivity index (χ1) is 12.5. The van der Waals surface area contributed by atoms with Gasteiger partial charge >= 0.3 is 0 Å². The summed E-state index contributed by atoms with van der Waals surface area (Å²) < 4.78 is 0. The Labute approximate surface area is 154 Å².